The monoisotopic (exact) mass is 256 g/mol. The predicted molar refractivity (Wildman–Crippen MR) is 64.6 cm³/mol. The van der Waals surface area contributed by atoms with Gasteiger partial charge in [-0.3, -0.25) is 9.59 Å². The highest BCUT2D eigenvalue weighted by molar-refractivity contribution is 7.07. The number of carbonyl (C=O) groups is 2. The van der Waals surface area contributed by atoms with Crippen molar-refractivity contribution in [3.63, 3.8) is 0 Å². The molecule has 0 aromatic carbocycles. The van der Waals surface area contributed by atoms with Gasteiger partial charge in [0.25, 0.3) is 0 Å². The lowest BCUT2D eigenvalue weighted by atomic mass is 9.89. The lowest BCUT2D eigenvalue weighted by Gasteiger charge is -2.22. The molecule has 1 rings (SSSR count). The molecule has 1 aromatic rings. The van der Waals surface area contributed by atoms with Crippen molar-refractivity contribution in [2.45, 2.75) is 26.8 Å². The van der Waals surface area contributed by atoms with Crippen LogP contribution in [0.25, 0.3) is 0 Å². The Morgan fingerprint density at radius 2 is 2.18 bits per heavy atom. The van der Waals surface area contributed by atoms with Gasteiger partial charge < -0.3 is 10.0 Å². The third kappa shape index (κ3) is 3.81. The van der Waals surface area contributed by atoms with Gasteiger partial charge in [0.05, 0.1) is 23.2 Å². The van der Waals surface area contributed by atoms with Gasteiger partial charge in [-0.1, -0.05) is 0 Å². The number of thiazole rings is 1. The molecular formula is C11H16N2O3S. The second-order valence-electron chi connectivity index (χ2n) is 4.60. The predicted octanol–water partition coefficient (Wildman–Crippen LogP) is 1.60. The second kappa shape index (κ2) is 5.27. The SMILES string of the molecule is CN(Cc1cscn1)C(=O)CC(C)(C)C(=O)O. The van der Waals surface area contributed by atoms with Gasteiger partial charge in [0, 0.05) is 18.8 Å². The van der Waals surface area contributed by atoms with E-state index in [0.29, 0.717) is 6.54 Å². The summed E-state index contributed by atoms with van der Waals surface area (Å²) in [6, 6.07) is 0. The fourth-order valence-electron chi connectivity index (χ4n) is 1.24. The van der Waals surface area contributed by atoms with Crippen LogP contribution in [0.1, 0.15) is 26.0 Å². The number of carbonyl (C=O) groups excluding carboxylic acids is 1. The number of hydrogen-bond donors (Lipinski definition) is 1. The average molecular weight is 256 g/mol. The zero-order valence-electron chi connectivity index (χ0n) is 10.1. The largest absolute Gasteiger partial charge is 0.481 e. The van der Waals surface area contributed by atoms with E-state index < -0.39 is 11.4 Å². The van der Waals surface area contributed by atoms with Crippen molar-refractivity contribution in [2.24, 2.45) is 5.41 Å². The van der Waals surface area contributed by atoms with Crippen LogP contribution in [0, 0.1) is 5.41 Å². The highest BCUT2D eigenvalue weighted by Crippen LogP contribution is 2.21. The molecule has 0 atom stereocenters. The van der Waals surface area contributed by atoms with E-state index in [-0.39, 0.29) is 12.3 Å². The van der Waals surface area contributed by atoms with Gasteiger partial charge in [0.2, 0.25) is 5.91 Å². The van der Waals surface area contributed by atoms with Gasteiger partial charge in [-0.15, -0.1) is 11.3 Å². The summed E-state index contributed by atoms with van der Waals surface area (Å²) in [4.78, 5) is 28.3. The van der Waals surface area contributed by atoms with Crippen molar-refractivity contribution in [2.75, 3.05) is 7.05 Å². The smallest absolute Gasteiger partial charge is 0.309 e. The van der Waals surface area contributed by atoms with Crippen LogP contribution in [0.15, 0.2) is 10.9 Å². The molecule has 0 radical (unpaired) electrons. The lowest BCUT2D eigenvalue weighted by Crippen LogP contribution is -2.34. The van der Waals surface area contributed by atoms with Crippen molar-refractivity contribution < 1.29 is 14.7 Å². The molecule has 0 saturated carbocycles. The van der Waals surface area contributed by atoms with Gasteiger partial charge in [0.15, 0.2) is 0 Å². The van der Waals surface area contributed by atoms with E-state index in [1.54, 1.807) is 26.4 Å². The molecule has 1 amide bonds. The summed E-state index contributed by atoms with van der Waals surface area (Å²) in [5, 5.41) is 10.8. The standard InChI is InChI=1S/C11H16N2O3S/c1-11(2,10(15)16)4-9(14)13(3)5-8-6-17-7-12-8/h6-7H,4-5H2,1-3H3,(H,15,16). The number of aromatic nitrogens is 1. The number of nitrogens with zero attached hydrogens (tertiary/aromatic N) is 2. The van der Waals surface area contributed by atoms with Crippen LogP contribution in [0.5, 0.6) is 0 Å². The number of carboxylic acid groups (broad SMARTS) is 1. The molecule has 1 N–H and O–H groups in total. The first-order valence-corrected chi connectivity index (χ1v) is 6.11. The third-order valence-electron chi connectivity index (χ3n) is 2.48. The molecule has 0 aliphatic heterocycles. The van der Waals surface area contributed by atoms with Crippen LogP contribution in [0.3, 0.4) is 0 Å². The molecule has 5 nitrogen and oxygen atoms in total. The summed E-state index contributed by atoms with van der Waals surface area (Å²) in [5.74, 6) is -1.15. The van der Waals surface area contributed by atoms with E-state index >= 15 is 0 Å². The van der Waals surface area contributed by atoms with E-state index in [9.17, 15) is 9.59 Å². The van der Waals surface area contributed by atoms with Crippen LogP contribution < -0.4 is 0 Å². The van der Waals surface area contributed by atoms with Crippen LogP contribution in [-0.4, -0.2) is 33.9 Å². The van der Waals surface area contributed by atoms with E-state index in [1.807, 2.05) is 5.38 Å². The molecule has 0 aliphatic rings. The third-order valence-corrected chi connectivity index (χ3v) is 3.12. The van der Waals surface area contributed by atoms with Gasteiger partial charge in [-0.05, 0) is 13.8 Å². The Kier molecular flexibility index (Phi) is 4.22. The second-order valence-corrected chi connectivity index (χ2v) is 5.31. The van der Waals surface area contributed by atoms with Gasteiger partial charge in [-0.25, -0.2) is 4.98 Å². The highest BCUT2D eigenvalue weighted by Gasteiger charge is 2.31. The first kappa shape index (κ1) is 13.6. The fraction of sp³-hybridized carbons (Fsp3) is 0.545. The molecule has 0 fully saturated rings. The molecule has 0 unspecified atom stereocenters. The molecule has 0 bridgehead atoms. The summed E-state index contributed by atoms with van der Waals surface area (Å²) in [6.45, 7) is 3.51. The van der Waals surface area contributed by atoms with Gasteiger partial charge in [-0.2, -0.15) is 0 Å². The Balaban J connectivity index is 2.56. The van der Waals surface area contributed by atoms with Crippen LogP contribution in [-0.2, 0) is 16.1 Å². The van der Waals surface area contributed by atoms with E-state index in [2.05, 4.69) is 4.98 Å². The lowest BCUT2D eigenvalue weighted by molar-refractivity contribution is -0.151. The quantitative estimate of drug-likeness (QED) is 0.868. The Bertz CT molecular complexity index is 401. The molecule has 1 heterocycles. The Morgan fingerprint density at radius 3 is 2.65 bits per heavy atom. The Morgan fingerprint density at radius 1 is 1.53 bits per heavy atom. The first-order valence-electron chi connectivity index (χ1n) is 5.17. The number of amides is 1. The van der Waals surface area contributed by atoms with E-state index in [4.69, 9.17) is 5.11 Å². The zero-order chi connectivity index (χ0) is 13.1. The van der Waals surface area contributed by atoms with Crippen molar-refractivity contribution >= 4 is 23.2 Å². The number of rotatable bonds is 5. The summed E-state index contributed by atoms with van der Waals surface area (Å²) in [6.07, 6.45) is -0.0109. The molecule has 0 spiro atoms. The molecule has 17 heavy (non-hydrogen) atoms. The molecule has 0 saturated heterocycles. The van der Waals surface area contributed by atoms with Gasteiger partial charge in [0.1, 0.15) is 0 Å². The number of aliphatic carboxylic acids is 1. The molecule has 0 aliphatic carbocycles. The first-order chi connectivity index (χ1) is 7.83. The van der Waals surface area contributed by atoms with E-state index in [1.165, 1.54) is 16.2 Å². The minimum atomic E-state index is -1.03. The van der Waals surface area contributed by atoms with E-state index in [0.717, 1.165) is 5.69 Å². The maximum Gasteiger partial charge on any atom is 0.309 e. The van der Waals surface area contributed by atoms with Crippen molar-refractivity contribution in [1.82, 2.24) is 9.88 Å². The van der Waals surface area contributed by atoms with Crippen molar-refractivity contribution in [3.8, 4) is 0 Å². The normalized spacial score (nSPS) is 11.2. The van der Waals surface area contributed by atoms with Crippen LogP contribution in [0.2, 0.25) is 0 Å². The molecule has 6 heteroatoms. The minimum Gasteiger partial charge on any atom is -0.481 e. The van der Waals surface area contributed by atoms with Gasteiger partial charge >= 0.3 is 5.97 Å². The average Bonchev–Trinajstić information content (AvgIpc) is 2.69. The number of hydrogen-bond acceptors (Lipinski definition) is 4. The maximum atomic E-state index is 11.8. The van der Waals surface area contributed by atoms with Crippen molar-refractivity contribution in [3.05, 3.63) is 16.6 Å². The minimum absolute atomic E-state index is 0.0109. The molecular weight excluding hydrogens is 240 g/mol. The zero-order valence-corrected chi connectivity index (χ0v) is 11.0. The summed E-state index contributed by atoms with van der Waals surface area (Å²) < 4.78 is 0. The molecule has 94 valence electrons. The maximum absolute atomic E-state index is 11.8. The summed E-state index contributed by atoms with van der Waals surface area (Å²) in [5.41, 5.74) is 1.49. The summed E-state index contributed by atoms with van der Waals surface area (Å²) >= 11 is 1.47. The highest BCUT2D eigenvalue weighted by atomic mass is 32.1. The fourth-order valence-corrected chi connectivity index (χ4v) is 1.79. The molecule has 1 aromatic heterocycles. The topological polar surface area (TPSA) is 70.5 Å². The Hall–Kier alpha value is -1.43. The van der Waals surface area contributed by atoms with Crippen LogP contribution in [0.4, 0.5) is 0 Å². The van der Waals surface area contributed by atoms with Crippen molar-refractivity contribution in [1.29, 1.82) is 0 Å². The summed E-state index contributed by atoms with van der Waals surface area (Å²) in [7, 11) is 1.65. The number of carboxylic acids is 1. The van der Waals surface area contributed by atoms with Crippen LogP contribution >= 0.6 is 11.3 Å². The Labute approximate surface area is 104 Å².